The van der Waals surface area contributed by atoms with Crippen molar-refractivity contribution in [1.82, 2.24) is 5.32 Å². The first-order valence-corrected chi connectivity index (χ1v) is 10.6. The molecule has 0 radical (unpaired) electrons. The molecule has 0 fully saturated rings. The Morgan fingerprint density at radius 2 is 1.86 bits per heavy atom. The largest absolute Gasteiger partial charge is 0.462 e. The van der Waals surface area contributed by atoms with Crippen LogP contribution in [-0.2, 0) is 4.74 Å². The minimum Gasteiger partial charge on any atom is -0.462 e. The van der Waals surface area contributed by atoms with Crippen LogP contribution >= 0.6 is 46.8 Å². The van der Waals surface area contributed by atoms with Gasteiger partial charge in [0.05, 0.1) is 17.2 Å². The van der Waals surface area contributed by atoms with Gasteiger partial charge in [-0.2, -0.15) is 0 Å². The Balaban J connectivity index is 1.64. The van der Waals surface area contributed by atoms with E-state index in [1.54, 1.807) is 42.5 Å². The lowest BCUT2D eigenvalue weighted by Crippen LogP contribution is -2.33. The predicted octanol–water partition coefficient (Wildman–Crippen LogP) is 5.90. The quantitative estimate of drug-likeness (QED) is 0.361. The highest BCUT2D eigenvalue weighted by atomic mass is 35.5. The van der Waals surface area contributed by atoms with Gasteiger partial charge in [-0.1, -0.05) is 36.2 Å². The van der Waals surface area contributed by atoms with E-state index in [2.05, 4.69) is 10.6 Å². The molecular formula is C20H16Cl2N2O3S2. The summed E-state index contributed by atoms with van der Waals surface area (Å²) < 4.78 is 5.90. The van der Waals surface area contributed by atoms with Gasteiger partial charge in [-0.25, -0.2) is 4.79 Å². The Hall–Kier alpha value is -2.19. The number of carbonyl (C=O) groups is 2. The summed E-state index contributed by atoms with van der Waals surface area (Å²) in [6, 6.07) is 11.8. The van der Waals surface area contributed by atoms with Crippen molar-refractivity contribution >= 4 is 79.5 Å². The van der Waals surface area contributed by atoms with Crippen LogP contribution in [0.2, 0.25) is 10.0 Å². The molecule has 5 nitrogen and oxygen atoms in total. The van der Waals surface area contributed by atoms with Crippen LogP contribution in [0.15, 0.2) is 42.5 Å². The number of benzene rings is 2. The zero-order chi connectivity index (χ0) is 21.0. The van der Waals surface area contributed by atoms with Crippen LogP contribution < -0.4 is 10.6 Å². The van der Waals surface area contributed by atoms with E-state index in [4.69, 9.17) is 40.2 Å². The van der Waals surface area contributed by atoms with Crippen molar-refractivity contribution in [1.29, 1.82) is 0 Å². The summed E-state index contributed by atoms with van der Waals surface area (Å²) in [6.45, 7) is 2.30. The molecule has 2 aromatic carbocycles. The number of esters is 1. The van der Waals surface area contributed by atoms with Gasteiger partial charge in [0, 0.05) is 20.8 Å². The number of halogens is 2. The highest BCUT2D eigenvalue weighted by molar-refractivity contribution is 7.80. The maximum Gasteiger partial charge on any atom is 0.338 e. The number of rotatable bonds is 5. The van der Waals surface area contributed by atoms with Crippen LogP contribution in [0.25, 0.3) is 10.1 Å². The van der Waals surface area contributed by atoms with Gasteiger partial charge >= 0.3 is 5.97 Å². The standard InChI is InChI=1S/C20H16Cl2N2O3S2/c1-2-9-27-19(26)11-3-6-13(7-4-11)23-20(28)24-18(25)17-16(22)14-8-5-12(21)10-15(14)29-17/h3-8,10H,2,9H2,1H3,(H2,23,24,25,28). The minimum atomic E-state index is -0.412. The third-order valence-corrected chi connectivity index (χ3v) is 5.94. The molecule has 3 aromatic rings. The third-order valence-electron chi connectivity index (χ3n) is 3.84. The Labute approximate surface area is 187 Å². The molecule has 9 heteroatoms. The van der Waals surface area contributed by atoms with Gasteiger partial charge in [0.25, 0.3) is 5.91 Å². The lowest BCUT2D eigenvalue weighted by molar-refractivity contribution is 0.0505. The zero-order valence-electron chi connectivity index (χ0n) is 15.3. The molecule has 3 rings (SSSR count). The fraction of sp³-hybridized carbons (Fsp3) is 0.150. The highest BCUT2D eigenvalue weighted by Gasteiger charge is 2.18. The molecule has 29 heavy (non-hydrogen) atoms. The lowest BCUT2D eigenvalue weighted by Gasteiger charge is -2.10. The summed E-state index contributed by atoms with van der Waals surface area (Å²) in [4.78, 5) is 24.7. The van der Waals surface area contributed by atoms with Crippen molar-refractivity contribution in [3.8, 4) is 0 Å². The van der Waals surface area contributed by atoms with E-state index in [9.17, 15) is 9.59 Å². The zero-order valence-corrected chi connectivity index (χ0v) is 18.4. The number of nitrogens with one attached hydrogen (secondary N) is 2. The van der Waals surface area contributed by atoms with E-state index in [-0.39, 0.29) is 11.1 Å². The Morgan fingerprint density at radius 3 is 2.55 bits per heavy atom. The molecule has 1 amide bonds. The van der Waals surface area contributed by atoms with Crippen molar-refractivity contribution in [2.45, 2.75) is 13.3 Å². The van der Waals surface area contributed by atoms with Crippen LogP contribution in [-0.4, -0.2) is 23.6 Å². The van der Waals surface area contributed by atoms with Crippen molar-refractivity contribution < 1.29 is 14.3 Å². The fourth-order valence-electron chi connectivity index (χ4n) is 2.48. The fourth-order valence-corrected chi connectivity index (χ4v) is 4.37. The van der Waals surface area contributed by atoms with Gasteiger partial charge < -0.3 is 10.1 Å². The molecule has 1 aromatic heterocycles. The molecule has 0 saturated heterocycles. The first-order valence-electron chi connectivity index (χ1n) is 8.66. The SMILES string of the molecule is CCCOC(=O)c1ccc(NC(=S)NC(=O)c2sc3cc(Cl)ccc3c2Cl)cc1. The Bertz CT molecular complexity index is 1080. The van der Waals surface area contributed by atoms with Gasteiger partial charge in [0.2, 0.25) is 0 Å². The molecule has 0 spiro atoms. The van der Waals surface area contributed by atoms with Crippen molar-refractivity contribution in [2.24, 2.45) is 0 Å². The number of amides is 1. The minimum absolute atomic E-state index is 0.114. The molecular weight excluding hydrogens is 451 g/mol. The molecule has 0 aliphatic carbocycles. The molecule has 0 aliphatic heterocycles. The van der Waals surface area contributed by atoms with Gasteiger partial charge in [-0.15, -0.1) is 11.3 Å². The molecule has 150 valence electrons. The normalized spacial score (nSPS) is 10.6. The molecule has 2 N–H and O–H groups in total. The van der Waals surface area contributed by atoms with Crippen LogP contribution in [0.1, 0.15) is 33.4 Å². The Morgan fingerprint density at radius 1 is 1.14 bits per heavy atom. The molecule has 0 saturated carbocycles. The third kappa shape index (κ3) is 5.25. The first kappa shape index (κ1) is 21.5. The average molecular weight is 467 g/mol. The highest BCUT2D eigenvalue weighted by Crippen LogP contribution is 2.36. The smallest absolute Gasteiger partial charge is 0.338 e. The van der Waals surface area contributed by atoms with Gasteiger partial charge in [-0.3, -0.25) is 10.1 Å². The Kier molecular flexibility index (Phi) is 7.08. The van der Waals surface area contributed by atoms with E-state index in [0.717, 1.165) is 16.5 Å². The number of thiophene rings is 1. The van der Waals surface area contributed by atoms with Crippen molar-refractivity contribution in [2.75, 3.05) is 11.9 Å². The lowest BCUT2D eigenvalue weighted by atomic mass is 10.2. The predicted molar refractivity (Wildman–Crippen MR) is 123 cm³/mol. The summed E-state index contributed by atoms with van der Waals surface area (Å²) in [6.07, 6.45) is 0.760. The second-order valence-corrected chi connectivity index (χ2v) is 8.28. The summed E-state index contributed by atoms with van der Waals surface area (Å²) in [5.74, 6) is -0.793. The number of anilines is 1. The van der Waals surface area contributed by atoms with Gasteiger partial charge in [0.15, 0.2) is 5.11 Å². The summed E-state index contributed by atoms with van der Waals surface area (Å²) >= 11 is 18.8. The summed E-state index contributed by atoms with van der Waals surface area (Å²) in [5.41, 5.74) is 1.06. The first-order chi connectivity index (χ1) is 13.9. The van der Waals surface area contributed by atoms with Crippen molar-refractivity contribution in [3.05, 3.63) is 63.0 Å². The number of hydrogen-bond acceptors (Lipinski definition) is 5. The molecule has 1 heterocycles. The summed E-state index contributed by atoms with van der Waals surface area (Å²) in [5, 5.41) is 7.31. The topological polar surface area (TPSA) is 67.4 Å². The number of ether oxygens (including phenoxy) is 1. The van der Waals surface area contributed by atoms with E-state index >= 15 is 0 Å². The van der Waals surface area contributed by atoms with Gasteiger partial charge in [0.1, 0.15) is 4.88 Å². The van der Waals surface area contributed by atoms with Crippen molar-refractivity contribution in [3.63, 3.8) is 0 Å². The average Bonchev–Trinajstić information content (AvgIpc) is 3.02. The maximum absolute atomic E-state index is 12.6. The van der Waals surface area contributed by atoms with Crippen LogP contribution in [0, 0.1) is 0 Å². The van der Waals surface area contributed by atoms with Crippen LogP contribution in [0.3, 0.4) is 0 Å². The van der Waals surface area contributed by atoms with Crippen LogP contribution in [0.4, 0.5) is 5.69 Å². The molecule has 0 atom stereocenters. The van der Waals surface area contributed by atoms with E-state index in [1.165, 1.54) is 11.3 Å². The number of fused-ring (bicyclic) bond motifs is 1. The maximum atomic E-state index is 12.6. The molecule has 0 unspecified atom stereocenters. The number of carbonyl (C=O) groups excluding carboxylic acids is 2. The number of thiocarbonyl (C=S) groups is 1. The van der Waals surface area contributed by atoms with Gasteiger partial charge in [-0.05, 0) is 55.0 Å². The van der Waals surface area contributed by atoms with E-state index < -0.39 is 5.91 Å². The molecule has 0 aliphatic rings. The molecule has 0 bridgehead atoms. The van der Waals surface area contributed by atoms with E-state index in [1.807, 2.05) is 6.92 Å². The monoisotopic (exact) mass is 466 g/mol. The number of hydrogen-bond donors (Lipinski definition) is 2. The van der Waals surface area contributed by atoms with E-state index in [0.29, 0.717) is 32.8 Å². The van der Waals surface area contributed by atoms with Crippen LogP contribution in [0.5, 0.6) is 0 Å². The second kappa shape index (κ2) is 9.54. The second-order valence-electron chi connectivity index (χ2n) is 6.01. The summed E-state index contributed by atoms with van der Waals surface area (Å²) in [7, 11) is 0.